The molecule has 2 N–H and O–H groups in total. The number of benzene rings is 2. The maximum absolute atomic E-state index is 12.9. The Morgan fingerprint density at radius 1 is 1.00 bits per heavy atom. The van der Waals surface area contributed by atoms with Crippen LogP contribution < -0.4 is 10.6 Å². The van der Waals surface area contributed by atoms with Gasteiger partial charge in [-0.05, 0) is 42.8 Å². The summed E-state index contributed by atoms with van der Waals surface area (Å²) in [6, 6.07) is 10.7. The van der Waals surface area contributed by atoms with E-state index in [1.165, 1.54) is 12.1 Å². The lowest BCUT2D eigenvalue weighted by atomic mass is 10.2. The van der Waals surface area contributed by atoms with E-state index in [1.54, 1.807) is 6.07 Å². The molecular formula is C18H16BrF3N2O2S. The number of alkyl halides is 3. The Balaban J connectivity index is 1.82. The van der Waals surface area contributed by atoms with Crippen LogP contribution in [0, 0.1) is 6.92 Å². The van der Waals surface area contributed by atoms with Gasteiger partial charge in [0.1, 0.15) is 0 Å². The van der Waals surface area contributed by atoms with Crippen molar-refractivity contribution in [2.75, 3.05) is 22.1 Å². The largest absolute Gasteiger partial charge is 0.417 e. The minimum atomic E-state index is -4.53. The van der Waals surface area contributed by atoms with E-state index < -0.39 is 17.6 Å². The van der Waals surface area contributed by atoms with Crippen molar-refractivity contribution < 1.29 is 22.8 Å². The number of thioether (sulfide) groups is 1. The van der Waals surface area contributed by atoms with Crippen molar-refractivity contribution in [2.45, 2.75) is 13.1 Å². The fourth-order valence-electron chi connectivity index (χ4n) is 2.17. The summed E-state index contributed by atoms with van der Waals surface area (Å²) in [6.45, 7) is 1.90. The van der Waals surface area contributed by atoms with Crippen LogP contribution in [0.4, 0.5) is 24.5 Å². The van der Waals surface area contributed by atoms with Gasteiger partial charge in [0.2, 0.25) is 11.8 Å². The predicted octanol–water partition coefficient (Wildman–Crippen LogP) is 5.09. The first-order chi connectivity index (χ1) is 12.6. The highest BCUT2D eigenvalue weighted by Crippen LogP contribution is 2.36. The van der Waals surface area contributed by atoms with E-state index in [0.29, 0.717) is 5.69 Å². The fourth-order valence-corrected chi connectivity index (χ4v) is 3.26. The zero-order chi connectivity index (χ0) is 20.0. The summed E-state index contributed by atoms with van der Waals surface area (Å²) in [5, 5.41) is 5.12. The number of aryl methyl sites for hydroxylation is 1. The number of carbonyl (C=O) groups excluding carboxylic acids is 2. The van der Waals surface area contributed by atoms with Crippen LogP contribution in [0.1, 0.15) is 11.1 Å². The molecule has 0 saturated carbocycles. The molecule has 0 fully saturated rings. The number of hydrogen-bond donors (Lipinski definition) is 2. The highest BCUT2D eigenvalue weighted by Gasteiger charge is 2.33. The van der Waals surface area contributed by atoms with Gasteiger partial charge in [0, 0.05) is 15.8 Å². The molecule has 9 heteroatoms. The van der Waals surface area contributed by atoms with Crippen molar-refractivity contribution in [1.82, 2.24) is 0 Å². The van der Waals surface area contributed by atoms with E-state index in [0.717, 1.165) is 23.4 Å². The summed E-state index contributed by atoms with van der Waals surface area (Å²) < 4.78 is 38.5. The fraction of sp³-hybridized carbons (Fsp3) is 0.222. The van der Waals surface area contributed by atoms with Crippen LogP contribution >= 0.6 is 27.7 Å². The monoisotopic (exact) mass is 460 g/mol. The number of nitrogens with one attached hydrogen (secondary N) is 2. The second kappa shape index (κ2) is 9.27. The summed E-state index contributed by atoms with van der Waals surface area (Å²) in [5.41, 5.74) is 0.845. The molecule has 0 aliphatic rings. The van der Waals surface area contributed by atoms with Crippen molar-refractivity contribution in [3.63, 3.8) is 0 Å². The summed E-state index contributed by atoms with van der Waals surface area (Å²) in [5.74, 6) is -0.756. The maximum Gasteiger partial charge on any atom is 0.417 e. The molecule has 0 atom stereocenters. The van der Waals surface area contributed by atoms with Crippen LogP contribution in [0.2, 0.25) is 0 Å². The van der Waals surface area contributed by atoms with Crippen molar-refractivity contribution in [3.8, 4) is 0 Å². The molecule has 144 valence electrons. The Labute approximate surface area is 167 Å². The molecule has 2 aromatic rings. The van der Waals surface area contributed by atoms with Crippen molar-refractivity contribution in [1.29, 1.82) is 0 Å². The van der Waals surface area contributed by atoms with Gasteiger partial charge in [0.05, 0.1) is 17.1 Å². The van der Waals surface area contributed by atoms with Crippen LogP contribution in [0.5, 0.6) is 0 Å². The minimum Gasteiger partial charge on any atom is -0.325 e. The molecule has 0 aromatic heterocycles. The highest BCUT2D eigenvalue weighted by molar-refractivity contribution is 9.10. The van der Waals surface area contributed by atoms with Gasteiger partial charge >= 0.3 is 6.18 Å². The molecule has 27 heavy (non-hydrogen) atoms. The van der Waals surface area contributed by atoms with Crippen LogP contribution in [-0.4, -0.2) is 23.3 Å². The molecule has 0 heterocycles. The van der Waals surface area contributed by atoms with Crippen molar-refractivity contribution in [2.24, 2.45) is 0 Å². The lowest BCUT2D eigenvalue weighted by Gasteiger charge is -2.12. The van der Waals surface area contributed by atoms with Gasteiger partial charge in [-0.25, -0.2) is 0 Å². The normalized spacial score (nSPS) is 11.1. The Hall–Kier alpha value is -2.00. The molecule has 2 rings (SSSR count). The SMILES string of the molecule is Cc1cccc(NC(=O)CSCC(=O)Nc2ccc(Br)c(C(F)(F)F)c2)c1. The van der Waals surface area contributed by atoms with Gasteiger partial charge in [-0.3, -0.25) is 9.59 Å². The van der Waals surface area contributed by atoms with E-state index >= 15 is 0 Å². The molecule has 2 amide bonds. The number of carbonyl (C=O) groups is 2. The third-order valence-corrected chi connectivity index (χ3v) is 4.95. The first-order valence-electron chi connectivity index (χ1n) is 7.76. The highest BCUT2D eigenvalue weighted by atomic mass is 79.9. The van der Waals surface area contributed by atoms with E-state index in [1.807, 2.05) is 25.1 Å². The smallest absolute Gasteiger partial charge is 0.325 e. The third kappa shape index (κ3) is 6.91. The molecular weight excluding hydrogens is 445 g/mol. The average Bonchev–Trinajstić information content (AvgIpc) is 2.55. The predicted molar refractivity (Wildman–Crippen MR) is 105 cm³/mol. The lowest BCUT2D eigenvalue weighted by Crippen LogP contribution is -2.18. The van der Waals surface area contributed by atoms with Crippen LogP contribution in [0.15, 0.2) is 46.9 Å². The first-order valence-corrected chi connectivity index (χ1v) is 9.71. The lowest BCUT2D eigenvalue weighted by molar-refractivity contribution is -0.138. The molecule has 0 unspecified atom stereocenters. The second-order valence-electron chi connectivity index (χ2n) is 5.65. The van der Waals surface area contributed by atoms with Crippen LogP contribution in [-0.2, 0) is 15.8 Å². The van der Waals surface area contributed by atoms with Gasteiger partial charge in [-0.15, -0.1) is 11.8 Å². The average molecular weight is 461 g/mol. The van der Waals surface area contributed by atoms with Gasteiger partial charge in [0.25, 0.3) is 0 Å². The molecule has 0 aliphatic carbocycles. The standard InChI is InChI=1S/C18H16BrF3N2O2S/c1-11-3-2-4-12(7-11)23-16(25)9-27-10-17(26)24-13-5-6-15(19)14(8-13)18(20,21)22/h2-8H,9-10H2,1H3,(H,23,25)(H,24,26). The maximum atomic E-state index is 12.9. The summed E-state index contributed by atoms with van der Waals surface area (Å²) >= 11 is 3.91. The summed E-state index contributed by atoms with van der Waals surface area (Å²) in [6.07, 6.45) is -4.53. The van der Waals surface area contributed by atoms with Crippen molar-refractivity contribution >= 4 is 50.9 Å². The third-order valence-electron chi connectivity index (χ3n) is 3.32. The molecule has 4 nitrogen and oxygen atoms in total. The van der Waals surface area contributed by atoms with Crippen LogP contribution in [0.3, 0.4) is 0 Å². The zero-order valence-electron chi connectivity index (χ0n) is 14.2. The molecule has 0 spiro atoms. The molecule has 0 bridgehead atoms. The van der Waals surface area contributed by atoms with E-state index in [2.05, 4.69) is 26.6 Å². The summed E-state index contributed by atoms with van der Waals surface area (Å²) in [4.78, 5) is 23.7. The Morgan fingerprint density at radius 2 is 1.59 bits per heavy atom. The van der Waals surface area contributed by atoms with Crippen molar-refractivity contribution in [3.05, 3.63) is 58.1 Å². The Morgan fingerprint density at radius 3 is 2.15 bits per heavy atom. The quantitative estimate of drug-likeness (QED) is 0.631. The van der Waals surface area contributed by atoms with E-state index in [9.17, 15) is 22.8 Å². The number of rotatable bonds is 6. The van der Waals surface area contributed by atoms with Gasteiger partial charge < -0.3 is 10.6 Å². The molecule has 0 saturated heterocycles. The van der Waals surface area contributed by atoms with Gasteiger partial charge in [-0.1, -0.05) is 28.1 Å². The Kier molecular flexibility index (Phi) is 7.32. The van der Waals surface area contributed by atoms with E-state index in [4.69, 9.17) is 0 Å². The van der Waals surface area contributed by atoms with Crippen LogP contribution in [0.25, 0.3) is 0 Å². The molecule has 0 aliphatic heterocycles. The number of anilines is 2. The summed E-state index contributed by atoms with van der Waals surface area (Å²) in [7, 11) is 0. The molecule has 0 radical (unpaired) electrons. The minimum absolute atomic E-state index is 0.0420. The second-order valence-corrected chi connectivity index (χ2v) is 7.49. The van der Waals surface area contributed by atoms with Gasteiger partial charge in [-0.2, -0.15) is 13.2 Å². The van der Waals surface area contributed by atoms with E-state index in [-0.39, 0.29) is 27.6 Å². The Bertz CT molecular complexity index is 844. The zero-order valence-corrected chi connectivity index (χ0v) is 16.6. The number of amides is 2. The molecule has 2 aromatic carbocycles. The first kappa shape index (κ1) is 21.3. The van der Waals surface area contributed by atoms with Gasteiger partial charge in [0.15, 0.2) is 0 Å². The number of hydrogen-bond acceptors (Lipinski definition) is 3. The topological polar surface area (TPSA) is 58.2 Å². The number of halogens is 4.